The van der Waals surface area contributed by atoms with E-state index in [1.807, 2.05) is 30.3 Å². The van der Waals surface area contributed by atoms with E-state index < -0.39 is 0 Å². The molecular weight excluding hydrogens is 410 g/mol. The molecule has 2 heterocycles. The molecule has 2 aromatic carbocycles. The zero-order valence-corrected chi connectivity index (χ0v) is 17.0. The Morgan fingerprint density at radius 2 is 2.03 bits per heavy atom. The van der Waals surface area contributed by atoms with Crippen molar-refractivity contribution in [3.8, 4) is 5.75 Å². The van der Waals surface area contributed by atoms with Gasteiger partial charge in [0.1, 0.15) is 5.75 Å². The highest BCUT2D eigenvalue weighted by atomic mass is 35.5. The van der Waals surface area contributed by atoms with Crippen molar-refractivity contribution in [2.24, 2.45) is 0 Å². The van der Waals surface area contributed by atoms with Crippen LogP contribution < -0.4 is 15.4 Å². The highest BCUT2D eigenvalue weighted by Gasteiger charge is 2.15. The van der Waals surface area contributed by atoms with Crippen LogP contribution in [0, 0.1) is 0 Å². The second kappa shape index (κ2) is 8.63. The largest absolute Gasteiger partial charge is 0.484 e. The van der Waals surface area contributed by atoms with E-state index in [1.54, 1.807) is 18.3 Å². The average molecular weight is 428 g/mol. The molecule has 0 atom stereocenters. The van der Waals surface area contributed by atoms with Crippen molar-refractivity contribution < 1.29 is 14.3 Å². The minimum atomic E-state index is -0.275. The molecule has 1 aliphatic heterocycles. The number of ether oxygens (including phenoxy) is 1. The third-order valence-electron chi connectivity index (χ3n) is 4.43. The number of aromatic nitrogens is 1. The van der Waals surface area contributed by atoms with Crippen molar-refractivity contribution in [1.82, 2.24) is 4.98 Å². The van der Waals surface area contributed by atoms with Crippen LogP contribution in [0.5, 0.6) is 5.75 Å². The molecule has 1 aromatic heterocycles. The molecule has 2 N–H and O–H groups in total. The first-order valence-electron chi connectivity index (χ1n) is 9.10. The quantitative estimate of drug-likeness (QED) is 0.615. The summed E-state index contributed by atoms with van der Waals surface area (Å²) in [5, 5.41) is 6.82. The van der Waals surface area contributed by atoms with E-state index in [2.05, 4.69) is 15.6 Å². The molecule has 6 nitrogen and oxygen atoms in total. The minimum Gasteiger partial charge on any atom is -0.484 e. The Morgan fingerprint density at radius 3 is 2.86 bits per heavy atom. The maximum absolute atomic E-state index is 12.2. The first kappa shape index (κ1) is 19.4. The molecule has 0 saturated heterocycles. The number of hydrogen-bond acceptors (Lipinski definition) is 5. The number of nitrogens with one attached hydrogen (secondary N) is 2. The Hall–Kier alpha value is -2.90. The van der Waals surface area contributed by atoms with Crippen LogP contribution in [-0.4, -0.2) is 23.4 Å². The maximum atomic E-state index is 12.2. The molecule has 0 aliphatic carbocycles. The van der Waals surface area contributed by atoms with E-state index in [9.17, 15) is 9.59 Å². The number of carbonyl (C=O) groups is 2. The molecule has 0 spiro atoms. The smallest absolute Gasteiger partial charge is 0.264 e. The van der Waals surface area contributed by atoms with Crippen LogP contribution in [0.25, 0.3) is 0 Å². The Kier molecular flexibility index (Phi) is 5.78. The van der Waals surface area contributed by atoms with Crippen molar-refractivity contribution in [3.63, 3.8) is 0 Å². The SMILES string of the molecule is O=C(COc1ccc2c(c1)CCC(=O)N2)Nc1ncc(Cc2ccc(Cl)cc2)s1. The van der Waals surface area contributed by atoms with E-state index in [-0.39, 0.29) is 18.4 Å². The molecule has 8 heteroatoms. The second-order valence-corrected chi connectivity index (χ2v) is 8.19. The van der Waals surface area contributed by atoms with Crippen LogP contribution in [-0.2, 0) is 22.4 Å². The van der Waals surface area contributed by atoms with Gasteiger partial charge in [-0.3, -0.25) is 14.9 Å². The Balaban J connectivity index is 1.29. The van der Waals surface area contributed by atoms with Gasteiger partial charge in [-0.05, 0) is 47.9 Å². The van der Waals surface area contributed by atoms with Crippen molar-refractivity contribution in [3.05, 3.63) is 69.7 Å². The van der Waals surface area contributed by atoms with Crippen molar-refractivity contribution in [2.75, 3.05) is 17.2 Å². The number of rotatable bonds is 6. The van der Waals surface area contributed by atoms with Crippen LogP contribution in [0.1, 0.15) is 22.4 Å². The lowest BCUT2D eigenvalue weighted by atomic mass is 10.0. The maximum Gasteiger partial charge on any atom is 0.264 e. The van der Waals surface area contributed by atoms with Gasteiger partial charge >= 0.3 is 0 Å². The van der Waals surface area contributed by atoms with Crippen LogP contribution in [0.4, 0.5) is 10.8 Å². The number of fused-ring (bicyclic) bond motifs is 1. The molecule has 3 aromatic rings. The van der Waals surface area contributed by atoms with Crippen molar-refractivity contribution >= 4 is 45.6 Å². The molecule has 0 radical (unpaired) electrons. The fourth-order valence-corrected chi connectivity index (χ4v) is 3.99. The summed E-state index contributed by atoms with van der Waals surface area (Å²) in [5.41, 5.74) is 2.94. The zero-order valence-electron chi connectivity index (χ0n) is 15.4. The molecule has 4 rings (SSSR count). The number of anilines is 2. The third kappa shape index (κ3) is 5.13. The Labute approximate surface area is 176 Å². The van der Waals surface area contributed by atoms with E-state index in [4.69, 9.17) is 16.3 Å². The van der Waals surface area contributed by atoms with Gasteiger partial charge in [-0.2, -0.15) is 0 Å². The molecule has 0 saturated carbocycles. The van der Waals surface area contributed by atoms with Gasteiger partial charge in [0.05, 0.1) is 0 Å². The second-order valence-electron chi connectivity index (χ2n) is 6.64. The van der Waals surface area contributed by atoms with Gasteiger partial charge in [0.2, 0.25) is 5.91 Å². The predicted octanol–water partition coefficient (Wildman–Crippen LogP) is 4.29. The van der Waals surface area contributed by atoms with E-state index in [0.29, 0.717) is 28.7 Å². The predicted molar refractivity (Wildman–Crippen MR) is 114 cm³/mol. The molecule has 2 amide bonds. The number of hydrogen-bond donors (Lipinski definition) is 2. The zero-order chi connectivity index (χ0) is 20.2. The topological polar surface area (TPSA) is 80.3 Å². The molecule has 0 unspecified atom stereocenters. The highest BCUT2D eigenvalue weighted by Crippen LogP contribution is 2.27. The molecule has 0 fully saturated rings. The van der Waals surface area contributed by atoms with Crippen LogP contribution in [0.2, 0.25) is 5.02 Å². The van der Waals surface area contributed by atoms with Gasteiger partial charge < -0.3 is 10.1 Å². The molecule has 1 aliphatic rings. The number of halogens is 1. The molecule has 148 valence electrons. The number of amides is 2. The normalized spacial score (nSPS) is 12.8. The number of nitrogens with zero attached hydrogens (tertiary/aromatic N) is 1. The number of benzene rings is 2. The van der Waals surface area contributed by atoms with Gasteiger partial charge in [0.15, 0.2) is 11.7 Å². The Bertz CT molecular complexity index is 1050. The van der Waals surface area contributed by atoms with Crippen LogP contribution >= 0.6 is 22.9 Å². The summed E-state index contributed by atoms with van der Waals surface area (Å²) in [4.78, 5) is 28.9. The Morgan fingerprint density at radius 1 is 1.21 bits per heavy atom. The van der Waals surface area contributed by atoms with Gasteiger partial charge in [-0.25, -0.2) is 4.98 Å². The van der Waals surface area contributed by atoms with Crippen molar-refractivity contribution in [2.45, 2.75) is 19.3 Å². The lowest BCUT2D eigenvalue weighted by Gasteiger charge is -2.17. The van der Waals surface area contributed by atoms with Crippen LogP contribution in [0.15, 0.2) is 48.7 Å². The first-order chi connectivity index (χ1) is 14.0. The summed E-state index contributed by atoms with van der Waals surface area (Å²) in [6.07, 6.45) is 3.61. The highest BCUT2D eigenvalue weighted by molar-refractivity contribution is 7.15. The fourth-order valence-electron chi connectivity index (χ4n) is 3.00. The summed E-state index contributed by atoms with van der Waals surface area (Å²) in [6, 6.07) is 13.0. The lowest BCUT2D eigenvalue weighted by Crippen LogP contribution is -2.21. The minimum absolute atomic E-state index is 0.0180. The summed E-state index contributed by atoms with van der Waals surface area (Å²) in [6.45, 7) is -0.114. The molecule has 29 heavy (non-hydrogen) atoms. The third-order valence-corrected chi connectivity index (χ3v) is 5.60. The summed E-state index contributed by atoms with van der Waals surface area (Å²) in [7, 11) is 0. The van der Waals surface area contributed by atoms with Gasteiger partial charge in [0.25, 0.3) is 5.91 Å². The molecular formula is C21H18ClN3O3S. The fraction of sp³-hybridized carbons (Fsp3) is 0.190. The first-order valence-corrected chi connectivity index (χ1v) is 10.3. The van der Waals surface area contributed by atoms with E-state index in [1.165, 1.54) is 11.3 Å². The van der Waals surface area contributed by atoms with Gasteiger partial charge in [0, 0.05) is 34.6 Å². The number of aryl methyl sites for hydroxylation is 1. The summed E-state index contributed by atoms with van der Waals surface area (Å²) >= 11 is 7.33. The lowest BCUT2D eigenvalue weighted by molar-refractivity contribution is -0.118. The summed E-state index contributed by atoms with van der Waals surface area (Å²) in [5.74, 6) is 0.338. The monoisotopic (exact) mass is 427 g/mol. The van der Waals surface area contributed by atoms with E-state index >= 15 is 0 Å². The van der Waals surface area contributed by atoms with Crippen LogP contribution in [0.3, 0.4) is 0 Å². The standard InChI is InChI=1S/C21H18ClN3O3S/c22-15-4-1-13(2-5-15)9-17-11-23-21(29-17)25-20(27)12-28-16-6-7-18-14(10-16)3-8-19(26)24-18/h1-2,4-7,10-11H,3,8-9,12H2,(H,24,26)(H,23,25,27). The van der Waals surface area contributed by atoms with Crippen molar-refractivity contribution in [1.29, 1.82) is 0 Å². The summed E-state index contributed by atoms with van der Waals surface area (Å²) < 4.78 is 5.59. The average Bonchev–Trinajstić information content (AvgIpc) is 3.14. The van der Waals surface area contributed by atoms with Gasteiger partial charge in [-0.15, -0.1) is 11.3 Å². The van der Waals surface area contributed by atoms with E-state index in [0.717, 1.165) is 28.1 Å². The van der Waals surface area contributed by atoms with Gasteiger partial charge in [-0.1, -0.05) is 23.7 Å². The number of thiazole rings is 1. The molecule has 0 bridgehead atoms. The number of carbonyl (C=O) groups excluding carboxylic acids is 2.